The van der Waals surface area contributed by atoms with E-state index in [2.05, 4.69) is 12.1 Å². The van der Waals surface area contributed by atoms with Crippen LogP contribution >= 0.6 is 0 Å². The molecule has 1 amide bonds. The summed E-state index contributed by atoms with van der Waals surface area (Å²) in [5, 5.41) is 9.43. The van der Waals surface area contributed by atoms with Gasteiger partial charge in [0.2, 0.25) is 0 Å². The molecule has 1 aromatic rings. The number of pyridine rings is 1. The number of carbonyl (C=O) groups excluding carboxylic acids is 1. The van der Waals surface area contributed by atoms with Gasteiger partial charge in [-0.25, -0.2) is 4.79 Å². The van der Waals surface area contributed by atoms with E-state index in [-0.39, 0.29) is 18.1 Å². The van der Waals surface area contributed by atoms with Crippen LogP contribution < -0.4 is 0 Å². The molecule has 3 rings (SSSR count). The minimum atomic E-state index is -0.526. The molecule has 0 aliphatic carbocycles. The predicted octanol–water partition coefficient (Wildman–Crippen LogP) is 4.16. The molecule has 2 unspecified atom stereocenters. The van der Waals surface area contributed by atoms with Gasteiger partial charge < -0.3 is 14.4 Å². The molecule has 3 heterocycles. The average Bonchev–Trinajstić information content (AvgIpc) is 2.87. The SMILES string of the molecule is Cc1cc2c(nc1C)C1(CCN(C(=O)OC(C)(C)C)CC1)OC2C(C)C#N. The Morgan fingerprint density at radius 3 is 2.59 bits per heavy atom. The zero-order chi connectivity index (χ0) is 20.0. The molecule has 1 fully saturated rings. The van der Waals surface area contributed by atoms with Gasteiger partial charge in [0.1, 0.15) is 17.3 Å². The van der Waals surface area contributed by atoms with E-state index in [0.29, 0.717) is 25.9 Å². The van der Waals surface area contributed by atoms with Crippen LogP contribution in [0.2, 0.25) is 0 Å². The molecule has 0 saturated carbocycles. The van der Waals surface area contributed by atoms with Gasteiger partial charge in [0.25, 0.3) is 0 Å². The van der Waals surface area contributed by atoms with Gasteiger partial charge in [-0.15, -0.1) is 0 Å². The minimum absolute atomic E-state index is 0.254. The third kappa shape index (κ3) is 3.66. The Morgan fingerprint density at radius 2 is 2.04 bits per heavy atom. The average molecular weight is 371 g/mol. The van der Waals surface area contributed by atoms with Gasteiger partial charge in [-0.2, -0.15) is 5.26 Å². The van der Waals surface area contributed by atoms with Crippen molar-refractivity contribution in [3.05, 3.63) is 28.6 Å². The van der Waals surface area contributed by atoms with Crippen molar-refractivity contribution in [2.24, 2.45) is 5.92 Å². The highest BCUT2D eigenvalue weighted by atomic mass is 16.6. The van der Waals surface area contributed by atoms with Gasteiger partial charge in [-0.1, -0.05) is 0 Å². The Balaban J connectivity index is 1.85. The number of rotatable bonds is 1. The lowest BCUT2D eigenvalue weighted by Gasteiger charge is -2.39. The van der Waals surface area contributed by atoms with Crippen LogP contribution in [-0.2, 0) is 15.1 Å². The quantitative estimate of drug-likeness (QED) is 0.741. The van der Waals surface area contributed by atoms with Crippen LogP contribution in [-0.4, -0.2) is 34.7 Å². The number of aromatic nitrogens is 1. The van der Waals surface area contributed by atoms with Crippen molar-refractivity contribution < 1.29 is 14.3 Å². The molecule has 2 atom stereocenters. The summed E-state index contributed by atoms with van der Waals surface area (Å²) in [5.74, 6) is -0.254. The first-order chi connectivity index (χ1) is 12.6. The molecule has 0 radical (unpaired) electrons. The van der Waals surface area contributed by atoms with Crippen LogP contribution in [0.3, 0.4) is 0 Å². The number of nitriles is 1. The van der Waals surface area contributed by atoms with E-state index in [9.17, 15) is 10.1 Å². The fraction of sp³-hybridized carbons (Fsp3) is 0.667. The topological polar surface area (TPSA) is 75.5 Å². The van der Waals surface area contributed by atoms with Crippen molar-refractivity contribution in [2.45, 2.75) is 71.7 Å². The monoisotopic (exact) mass is 371 g/mol. The smallest absolute Gasteiger partial charge is 0.410 e. The molecule has 1 spiro atoms. The summed E-state index contributed by atoms with van der Waals surface area (Å²) < 4.78 is 12.0. The van der Waals surface area contributed by atoms with Crippen molar-refractivity contribution >= 4 is 6.09 Å². The molecule has 0 aromatic carbocycles. The number of nitrogens with zero attached hydrogens (tertiary/aromatic N) is 3. The predicted molar refractivity (Wildman–Crippen MR) is 101 cm³/mol. The molecule has 1 aromatic heterocycles. The minimum Gasteiger partial charge on any atom is -0.444 e. The molecular formula is C21H29N3O3. The molecule has 27 heavy (non-hydrogen) atoms. The van der Waals surface area contributed by atoms with E-state index >= 15 is 0 Å². The second-order valence-corrected chi connectivity index (χ2v) is 8.75. The van der Waals surface area contributed by atoms with Crippen LogP contribution in [0.5, 0.6) is 0 Å². The van der Waals surface area contributed by atoms with Crippen molar-refractivity contribution in [3.8, 4) is 6.07 Å². The summed E-state index contributed by atoms with van der Waals surface area (Å²) in [4.78, 5) is 19.0. The third-order valence-electron chi connectivity index (χ3n) is 5.47. The van der Waals surface area contributed by atoms with Gasteiger partial charge in [-0.05, 0) is 66.0 Å². The van der Waals surface area contributed by atoms with Gasteiger partial charge in [0.15, 0.2) is 0 Å². The Hall–Kier alpha value is -2.13. The van der Waals surface area contributed by atoms with Crippen LogP contribution in [0.15, 0.2) is 6.07 Å². The highest BCUT2D eigenvalue weighted by molar-refractivity contribution is 5.68. The van der Waals surface area contributed by atoms with Crippen LogP contribution in [0, 0.1) is 31.1 Å². The Bertz CT molecular complexity index is 783. The number of hydrogen-bond donors (Lipinski definition) is 0. The molecular weight excluding hydrogens is 342 g/mol. The van der Waals surface area contributed by atoms with E-state index in [4.69, 9.17) is 14.5 Å². The number of ether oxygens (including phenoxy) is 2. The Morgan fingerprint density at radius 1 is 1.41 bits per heavy atom. The van der Waals surface area contributed by atoms with Crippen molar-refractivity contribution in [3.63, 3.8) is 0 Å². The van der Waals surface area contributed by atoms with Gasteiger partial charge in [0, 0.05) is 24.3 Å². The maximum Gasteiger partial charge on any atom is 0.410 e. The normalized spacial score (nSPS) is 22.3. The van der Waals surface area contributed by atoms with Crippen LogP contribution in [0.4, 0.5) is 4.79 Å². The first kappa shape index (κ1) is 19.6. The second-order valence-electron chi connectivity index (χ2n) is 8.75. The molecule has 0 N–H and O–H groups in total. The summed E-state index contributed by atoms with van der Waals surface area (Å²) in [6.07, 6.45) is 0.753. The summed E-state index contributed by atoms with van der Waals surface area (Å²) in [6.45, 7) is 12.6. The lowest BCUT2D eigenvalue weighted by Crippen LogP contribution is -2.47. The summed E-state index contributed by atoms with van der Waals surface area (Å²) in [6, 6.07) is 4.44. The van der Waals surface area contributed by atoms with E-state index in [1.165, 1.54) is 0 Å². The Labute approximate surface area is 161 Å². The van der Waals surface area contributed by atoms with Crippen LogP contribution in [0.1, 0.15) is 69.2 Å². The molecule has 2 aliphatic heterocycles. The number of carbonyl (C=O) groups is 1. The number of fused-ring (bicyclic) bond motifs is 2. The summed E-state index contributed by atoms with van der Waals surface area (Å²) in [5.41, 5.74) is 3.03. The van der Waals surface area contributed by atoms with Crippen molar-refractivity contribution in [2.75, 3.05) is 13.1 Å². The first-order valence-corrected chi connectivity index (χ1v) is 9.60. The first-order valence-electron chi connectivity index (χ1n) is 9.60. The Kier molecular flexibility index (Phi) is 4.94. The van der Waals surface area contributed by atoms with Crippen LogP contribution in [0.25, 0.3) is 0 Å². The largest absolute Gasteiger partial charge is 0.444 e. The number of amides is 1. The van der Waals surface area contributed by atoms with Gasteiger partial charge >= 0.3 is 6.09 Å². The third-order valence-corrected chi connectivity index (χ3v) is 5.47. The number of aryl methyl sites for hydroxylation is 2. The zero-order valence-electron chi connectivity index (χ0n) is 17.1. The molecule has 6 heteroatoms. The molecule has 146 valence electrons. The number of hydrogen-bond acceptors (Lipinski definition) is 5. The van der Waals surface area contributed by atoms with Gasteiger partial charge in [-0.3, -0.25) is 4.98 Å². The number of piperidine rings is 1. The zero-order valence-corrected chi connectivity index (χ0v) is 17.1. The maximum atomic E-state index is 12.4. The fourth-order valence-electron chi connectivity index (χ4n) is 3.84. The van der Waals surface area contributed by atoms with E-state index in [1.807, 2.05) is 41.5 Å². The van der Waals surface area contributed by atoms with Gasteiger partial charge in [0.05, 0.1) is 17.7 Å². The van der Waals surface area contributed by atoms with E-state index in [1.54, 1.807) is 4.90 Å². The fourth-order valence-corrected chi connectivity index (χ4v) is 3.84. The molecule has 2 aliphatic rings. The number of likely N-dealkylation sites (tertiary alicyclic amines) is 1. The van der Waals surface area contributed by atoms with E-state index < -0.39 is 11.2 Å². The second kappa shape index (κ2) is 6.79. The molecule has 0 bridgehead atoms. The van der Waals surface area contributed by atoms with Crippen molar-refractivity contribution in [1.29, 1.82) is 5.26 Å². The van der Waals surface area contributed by atoms with E-state index in [0.717, 1.165) is 22.5 Å². The highest BCUT2D eigenvalue weighted by Gasteiger charge is 2.50. The summed E-state index contributed by atoms with van der Waals surface area (Å²) in [7, 11) is 0. The molecule has 6 nitrogen and oxygen atoms in total. The maximum absolute atomic E-state index is 12.4. The lowest BCUT2D eigenvalue weighted by atomic mass is 9.86. The highest BCUT2D eigenvalue weighted by Crippen LogP contribution is 2.51. The lowest BCUT2D eigenvalue weighted by molar-refractivity contribution is -0.119. The molecule has 1 saturated heterocycles. The summed E-state index contributed by atoms with van der Waals surface area (Å²) >= 11 is 0. The standard InChI is InChI=1S/C21H29N3O3/c1-13-11-16-17(14(2)12-22)26-21(18(16)23-15(13)3)7-9-24(10-8-21)19(25)27-20(4,5)6/h11,14,17H,7-10H2,1-6H3. The van der Waals surface area contributed by atoms with Crippen molar-refractivity contribution in [1.82, 2.24) is 9.88 Å².